The highest BCUT2D eigenvalue weighted by Crippen LogP contribution is 2.16. The fourth-order valence-electron chi connectivity index (χ4n) is 1.76. The van der Waals surface area contributed by atoms with Gasteiger partial charge in [0.25, 0.3) is 0 Å². The molecule has 0 saturated carbocycles. The molecule has 0 bridgehead atoms. The van der Waals surface area contributed by atoms with Gasteiger partial charge in [-0.2, -0.15) is 0 Å². The molecule has 2 aromatic heterocycles. The third kappa shape index (κ3) is 3.08. The average Bonchev–Trinajstić information content (AvgIpc) is 2.86. The van der Waals surface area contributed by atoms with Gasteiger partial charge in [-0.25, -0.2) is 4.98 Å². The molecule has 0 spiro atoms. The van der Waals surface area contributed by atoms with Crippen LogP contribution in [0.4, 0.5) is 0 Å². The summed E-state index contributed by atoms with van der Waals surface area (Å²) in [5, 5.41) is 13.5. The minimum atomic E-state index is 0.0130. The second-order valence-electron chi connectivity index (χ2n) is 4.22. The minimum absolute atomic E-state index is 0.0130. The van der Waals surface area contributed by atoms with Crippen LogP contribution in [0.15, 0.2) is 11.6 Å². The summed E-state index contributed by atoms with van der Waals surface area (Å²) in [6.07, 6.45) is 3.85. The predicted molar refractivity (Wildman–Crippen MR) is 70.8 cm³/mol. The Balaban J connectivity index is 1.90. The van der Waals surface area contributed by atoms with E-state index in [2.05, 4.69) is 10.3 Å². The van der Waals surface area contributed by atoms with Gasteiger partial charge in [0.1, 0.15) is 0 Å². The molecule has 0 saturated heterocycles. The van der Waals surface area contributed by atoms with Crippen LogP contribution in [-0.4, -0.2) is 33.6 Å². The van der Waals surface area contributed by atoms with Crippen LogP contribution < -0.4 is 5.32 Å². The summed E-state index contributed by atoms with van der Waals surface area (Å²) in [5.41, 5.74) is 1.93. The van der Waals surface area contributed by atoms with Gasteiger partial charge in [-0.3, -0.25) is 9.20 Å². The highest BCUT2D eigenvalue weighted by molar-refractivity contribution is 7.15. The third-order valence-corrected chi connectivity index (χ3v) is 3.54. The molecule has 0 fully saturated rings. The fraction of sp³-hybridized carbons (Fsp3) is 0.500. The highest BCUT2D eigenvalue weighted by atomic mass is 32.1. The Bertz CT molecular complexity index is 532. The van der Waals surface area contributed by atoms with Crippen molar-refractivity contribution in [2.75, 3.05) is 13.2 Å². The number of aromatic nitrogens is 2. The molecular formula is C12H17N3O2S. The fourth-order valence-corrected chi connectivity index (χ4v) is 2.68. The van der Waals surface area contributed by atoms with Gasteiger partial charge in [0.2, 0.25) is 5.91 Å². The molecular weight excluding hydrogens is 250 g/mol. The Hall–Kier alpha value is -1.40. The van der Waals surface area contributed by atoms with Gasteiger partial charge in [-0.1, -0.05) is 0 Å². The number of aryl methyl sites for hydroxylation is 1. The molecule has 5 nitrogen and oxygen atoms in total. The summed E-state index contributed by atoms with van der Waals surface area (Å²) in [5.74, 6) is 0.0130. The van der Waals surface area contributed by atoms with Crippen molar-refractivity contribution >= 4 is 22.2 Å². The van der Waals surface area contributed by atoms with Crippen molar-refractivity contribution in [3.63, 3.8) is 0 Å². The summed E-state index contributed by atoms with van der Waals surface area (Å²) < 4.78 is 1.97. The molecule has 2 aromatic rings. The summed E-state index contributed by atoms with van der Waals surface area (Å²) in [7, 11) is 0. The van der Waals surface area contributed by atoms with Gasteiger partial charge in [0, 0.05) is 30.4 Å². The molecule has 0 aliphatic heterocycles. The SMILES string of the molecule is Cc1cn2c(CC(=O)NCCCCO)csc2n1. The van der Waals surface area contributed by atoms with Gasteiger partial charge in [-0.15, -0.1) is 11.3 Å². The number of carbonyl (C=O) groups excluding carboxylic acids is 1. The van der Waals surface area contributed by atoms with E-state index in [0.717, 1.165) is 29.2 Å². The minimum Gasteiger partial charge on any atom is -0.396 e. The number of imidazole rings is 1. The van der Waals surface area contributed by atoms with E-state index >= 15 is 0 Å². The molecule has 0 unspecified atom stereocenters. The maximum atomic E-state index is 11.7. The molecule has 0 aliphatic carbocycles. The van der Waals surface area contributed by atoms with E-state index in [4.69, 9.17) is 5.11 Å². The lowest BCUT2D eigenvalue weighted by Gasteiger charge is -2.03. The van der Waals surface area contributed by atoms with Crippen LogP contribution in [0.2, 0.25) is 0 Å². The Labute approximate surface area is 109 Å². The second-order valence-corrected chi connectivity index (χ2v) is 5.06. The van der Waals surface area contributed by atoms with Crippen LogP contribution in [0.5, 0.6) is 0 Å². The number of aliphatic hydroxyl groups excluding tert-OH is 1. The van der Waals surface area contributed by atoms with E-state index in [0.29, 0.717) is 13.0 Å². The quantitative estimate of drug-likeness (QED) is 0.771. The van der Waals surface area contributed by atoms with Gasteiger partial charge in [-0.05, 0) is 19.8 Å². The number of aliphatic hydroxyl groups is 1. The smallest absolute Gasteiger partial charge is 0.225 e. The lowest BCUT2D eigenvalue weighted by molar-refractivity contribution is -0.120. The Kier molecular flexibility index (Phi) is 4.33. The van der Waals surface area contributed by atoms with E-state index in [1.807, 2.05) is 22.9 Å². The van der Waals surface area contributed by atoms with Crippen molar-refractivity contribution in [3.8, 4) is 0 Å². The first kappa shape index (κ1) is 13.0. The van der Waals surface area contributed by atoms with Crippen LogP contribution in [0.3, 0.4) is 0 Å². The second kappa shape index (κ2) is 5.97. The van der Waals surface area contributed by atoms with E-state index in [1.165, 1.54) is 0 Å². The van der Waals surface area contributed by atoms with E-state index in [9.17, 15) is 4.79 Å². The topological polar surface area (TPSA) is 66.6 Å². The normalized spacial score (nSPS) is 11.0. The molecule has 0 radical (unpaired) electrons. The van der Waals surface area contributed by atoms with Gasteiger partial charge in [0.15, 0.2) is 4.96 Å². The first-order valence-electron chi connectivity index (χ1n) is 6.00. The number of hydrogen-bond donors (Lipinski definition) is 2. The van der Waals surface area contributed by atoms with Crippen LogP contribution in [0, 0.1) is 6.92 Å². The molecule has 2 N–H and O–H groups in total. The summed E-state index contributed by atoms with van der Waals surface area (Å²) in [6, 6.07) is 0. The van der Waals surface area contributed by atoms with E-state index < -0.39 is 0 Å². The standard InChI is InChI=1S/C12H17N3O2S/c1-9-7-15-10(8-18-12(15)14-9)6-11(17)13-4-2-3-5-16/h7-8,16H,2-6H2,1H3,(H,13,17). The largest absolute Gasteiger partial charge is 0.396 e. The molecule has 0 aromatic carbocycles. The Morgan fingerprint density at radius 3 is 3.17 bits per heavy atom. The van der Waals surface area contributed by atoms with Crippen molar-refractivity contribution in [1.82, 2.24) is 14.7 Å². The zero-order chi connectivity index (χ0) is 13.0. The van der Waals surface area contributed by atoms with E-state index in [1.54, 1.807) is 11.3 Å². The van der Waals surface area contributed by atoms with Crippen LogP contribution in [0.1, 0.15) is 24.2 Å². The zero-order valence-corrected chi connectivity index (χ0v) is 11.2. The number of unbranched alkanes of at least 4 members (excludes halogenated alkanes) is 1. The Morgan fingerprint density at radius 2 is 2.39 bits per heavy atom. The van der Waals surface area contributed by atoms with Gasteiger partial charge in [0.05, 0.1) is 12.1 Å². The number of rotatable bonds is 6. The average molecular weight is 267 g/mol. The third-order valence-electron chi connectivity index (χ3n) is 2.65. The summed E-state index contributed by atoms with van der Waals surface area (Å²) in [6.45, 7) is 2.74. The first-order valence-corrected chi connectivity index (χ1v) is 6.88. The van der Waals surface area contributed by atoms with Crippen molar-refractivity contribution in [2.45, 2.75) is 26.2 Å². The van der Waals surface area contributed by atoms with E-state index in [-0.39, 0.29) is 12.5 Å². The van der Waals surface area contributed by atoms with Crippen molar-refractivity contribution in [1.29, 1.82) is 0 Å². The van der Waals surface area contributed by atoms with Crippen LogP contribution in [-0.2, 0) is 11.2 Å². The summed E-state index contributed by atoms with van der Waals surface area (Å²) in [4.78, 5) is 17.0. The zero-order valence-electron chi connectivity index (χ0n) is 10.3. The maximum Gasteiger partial charge on any atom is 0.225 e. The number of nitrogens with one attached hydrogen (secondary N) is 1. The van der Waals surface area contributed by atoms with Crippen molar-refractivity contribution in [3.05, 3.63) is 23.0 Å². The summed E-state index contributed by atoms with van der Waals surface area (Å²) >= 11 is 1.55. The molecule has 2 rings (SSSR count). The molecule has 2 heterocycles. The number of nitrogens with zero attached hydrogens (tertiary/aromatic N) is 2. The van der Waals surface area contributed by atoms with Gasteiger partial charge < -0.3 is 10.4 Å². The van der Waals surface area contributed by atoms with Gasteiger partial charge >= 0.3 is 0 Å². The van der Waals surface area contributed by atoms with Crippen LogP contribution >= 0.6 is 11.3 Å². The lowest BCUT2D eigenvalue weighted by atomic mass is 10.3. The number of carbonyl (C=O) groups is 1. The molecule has 0 atom stereocenters. The van der Waals surface area contributed by atoms with Crippen molar-refractivity contribution in [2.24, 2.45) is 0 Å². The number of fused-ring (bicyclic) bond motifs is 1. The number of thiazole rings is 1. The monoisotopic (exact) mass is 267 g/mol. The number of hydrogen-bond acceptors (Lipinski definition) is 4. The molecule has 18 heavy (non-hydrogen) atoms. The highest BCUT2D eigenvalue weighted by Gasteiger charge is 2.09. The van der Waals surface area contributed by atoms with Crippen LogP contribution in [0.25, 0.3) is 4.96 Å². The molecule has 0 aliphatic rings. The molecule has 1 amide bonds. The molecule has 6 heteroatoms. The first-order chi connectivity index (χ1) is 8.70. The lowest BCUT2D eigenvalue weighted by Crippen LogP contribution is -2.26. The number of amides is 1. The van der Waals surface area contributed by atoms with Crippen molar-refractivity contribution < 1.29 is 9.90 Å². The molecule has 98 valence electrons. The maximum absolute atomic E-state index is 11.7. The predicted octanol–water partition coefficient (Wildman–Crippen LogP) is 1.14. The Morgan fingerprint density at radius 1 is 1.56 bits per heavy atom.